The summed E-state index contributed by atoms with van der Waals surface area (Å²) in [5.41, 5.74) is 1.13. The number of ether oxygens (including phenoxy) is 2. The zero-order chi connectivity index (χ0) is 16.2. The van der Waals surface area contributed by atoms with Crippen LogP contribution in [0, 0.1) is 10.1 Å². The van der Waals surface area contributed by atoms with Crippen molar-refractivity contribution in [2.24, 2.45) is 0 Å². The second-order valence-electron chi connectivity index (χ2n) is 5.30. The molecule has 0 amide bonds. The molecular weight excluding hydrogens is 298 g/mol. The van der Waals surface area contributed by atoms with Crippen molar-refractivity contribution < 1.29 is 14.4 Å². The highest BCUT2D eigenvalue weighted by atomic mass is 16.6. The Morgan fingerprint density at radius 2 is 2.17 bits per heavy atom. The van der Waals surface area contributed by atoms with Crippen LogP contribution >= 0.6 is 0 Å². The molecular formula is C16H17N3O4. The van der Waals surface area contributed by atoms with E-state index in [2.05, 4.69) is 10.3 Å². The highest BCUT2D eigenvalue weighted by molar-refractivity contribution is 5.70. The quantitative estimate of drug-likeness (QED) is 0.651. The van der Waals surface area contributed by atoms with E-state index in [0.717, 1.165) is 5.69 Å². The predicted octanol–water partition coefficient (Wildman–Crippen LogP) is 2.94. The number of para-hydroxylation sites is 1. The summed E-state index contributed by atoms with van der Waals surface area (Å²) in [7, 11) is 0. The van der Waals surface area contributed by atoms with Gasteiger partial charge in [0.2, 0.25) is 0 Å². The van der Waals surface area contributed by atoms with Gasteiger partial charge in [-0.05, 0) is 25.1 Å². The number of nitro groups is 1. The minimum Gasteiger partial charge on any atom is -0.482 e. The molecule has 1 fully saturated rings. The van der Waals surface area contributed by atoms with Gasteiger partial charge in [-0.3, -0.25) is 15.1 Å². The summed E-state index contributed by atoms with van der Waals surface area (Å²) in [6.07, 6.45) is 1.37. The normalized spacial score (nSPS) is 15.5. The van der Waals surface area contributed by atoms with E-state index in [-0.39, 0.29) is 17.8 Å². The van der Waals surface area contributed by atoms with Gasteiger partial charge in [0.05, 0.1) is 29.9 Å². The molecule has 1 N–H and O–H groups in total. The maximum Gasteiger partial charge on any atom is 0.296 e. The van der Waals surface area contributed by atoms with Crippen molar-refractivity contribution in [2.75, 3.05) is 18.5 Å². The highest BCUT2D eigenvalue weighted by Crippen LogP contribution is 2.37. The average molecular weight is 315 g/mol. The van der Waals surface area contributed by atoms with Crippen LogP contribution in [0.15, 0.2) is 42.6 Å². The fourth-order valence-electron chi connectivity index (χ4n) is 2.31. The molecule has 2 heterocycles. The lowest BCUT2D eigenvalue weighted by Crippen LogP contribution is -2.40. The van der Waals surface area contributed by atoms with E-state index in [1.807, 2.05) is 25.1 Å². The number of rotatable bonds is 6. The number of hydrogen-bond acceptors (Lipinski definition) is 6. The lowest BCUT2D eigenvalue weighted by Gasteiger charge is -2.28. The molecule has 0 spiro atoms. The van der Waals surface area contributed by atoms with Crippen molar-refractivity contribution in [1.29, 1.82) is 0 Å². The molecule has 7 heteroatoms. The molecule has 1 aliphatic rings. The summed E-state index contributed by atoms with van der Waals surface area (Å²) in [6, 6.07) is 10.4. The van der Waals surface area contributed by atoms with Gasteiger partial charge in [-0.2, -0.15) is 0 Å². The molecule has 0 aliphatic carbocycles. The van der Waals surface area contributed by atoms with Gasteiger partial charge in [0, 0.05) is 12.3 Å². The zero-order valence-electron chi connectivity index (χ0n) is 12.6. The Kier molecular flexibility index (Phi) is 4.38. The van der Waals surface area contributed by atoms with E-state index >= 15 is 0 Å². The summed E-state index contributed by atoms with van der Waals surface area (Å²) in [5.74, 6) is 0.434. The monoisotopic (exact) mass is 315 g/mol. The molecule has 1 atom stereocenters. The van der Waals surface area contributed by atoms with Crippen LogP contribution in [0.2, 0.25) is 0 Å². The third-order valence-electron chi connectivity index (χ3n) is 3.60. The first-order chi connectivity index (χ1) is 11.1. The molecule has 1 aromatic carbocycles. The summed E-state index contributed by atoms with van der Waals surface area (Å²) in [5, 5.41) is 14.4. The molecule has 120 valence electrons. The van der Waals surface area contributed by atoms with Crippen molar-refractivity contribution in [1.82, 2.24) is 4.98 Å². The van der Waals surface area contributed by atoms with E-state index < -0.39 is 4.92 Å². The molecule has 3 rings (SSSR count). The summed E-state index contributed by atoms with van der Waals surface area (Å²) in [6.45, 7) is 2.92. The SMILES string of the molecule is CC(Oc1cccc([N+](=O)[O-])c1NC1COC1)c1ccccn1. The standard InChI is InChI=1S/C16H17N3O4/c1-11(13-5-2-3-8-17-13)23-15-7-4-6-14(19(20)21)16(15)18-12-9-22-10-12/h2-8,11-12,18H,9-10H2,1H3. The first-order valence-corrected chi connectivity index (χ1v) is 7.34. The molecule has 7 nitrogen and oxygen atoms in total. The number of aromatic nitrogens is 1. The molecule has 1 saturated heterocycles. The third-order valence-corrected chi connectivity index (χ3v) is 3.60. The van der Waals surface area contributed by atoms with Crippen LogP contribution in [0.3, 0.4) is 0 Å². The van der Waals surface area contributed by atoms with Gasteiger partial charge >= 0.3 is 0 Å². The van der Waals surface area contributed by atoms with E-state index in [4.69, 9.17) is 9.47 Å². The fraction of sp³-hybridized carbons (Fsp3) is 0.312. The van der Waals surface area contributed by atoms with Crippen LogP contribution in [0.4, 0.5) is 11.4 Å². The molecule has 1 aliphatic heterocycles. The Hall–Kier alpha value is -2.67. The Balaban J connectivity index is 1.88. The van der Waals surface area contributed by atoms with Crippen molar-refractivity contribution in [2.45, 2.75) is 19.1 Å². The average Bonchev–Trinajstić information content (AvgIpc) is 2.52. The Morgan fingerprint density at radius 1 is 1.35 bits per heavy atom. The van der Waals surface area contributed by atoms with Gasteiger partial charge in [0.1, 0.15) is 6.10 Å². The second-order valence-corrected chi connectivity index (χ2v) is 5.30. The van der Waals surface area contributed by atoms with Crippen molar-refractivity contribution in [3.05, 3.63) is 58.4 Å². The first kappa shape index (κ1) is 15.2. The van der Waals surface area contributed by atoms with Gasteiger partial charge < -0.3 is 14.8 Å². The van der Waals surface area contributed by atoms with Gasteiger partial charge in [0.25, 0.3) is 5.69 Å². The lowest BCUT2D eigenvalue weighted by molar-refractivity contribution is -0.384. The predicted molar refractivity (Wildman–Crippen MR) is 84.6 cm³/mol. The number of nitrogens with one attached hydrogen (secondary N) is 1. The zero-order valence-corrected chi connectivity index (χ0v) is 12.6. The number of hydrogen-bond donors (Lipinski definition) is 1. The van der Waals surface area contributed by atoms with Crippen molar-refractivity contribution in [3.8, 4) is 5.75 Å². The minimum atomic E-state index is -0.417. The van der Waals surface area contributed by atoms with Crippen molar-refractivity contribution >= 4 is 11.4 Å². The van der Waals surface area contributed by atoms with E-state index in [1.165, 1.54) is 6.07 Å². The largest absolute Gasteiger partial charge is 0.482 e. The number of anilines is 1. The third kappa shape index (κ3) is 3.40. The number of nitro benzene ring substituents is 1. The van der Waals surface area contributed by atoms with Crippen molar-refractivity contribution in [3.63, 3.8) is 0 Å². The van der Waals surface area contributed by atoms with Crippen LogP contribution in [0.5, 0.6) is 5.75 Å². The van der Waals surface area contributed by atoms with Crippen LogP contribution in [-0.4, -0.2) is 29.2 Å². The van der Waals surface area contributed by atoms with Gasteiger partial charge in [0.15, 0.2) is 11.4 Å². The Bertz CT molecular complexity index is 689. The molecule has 0 radical (unpaired) electrons. The molecule has 1 unspecified atom stereocenters. The van der Waals surface area contributed by atoms with E-state index in [9.17, 15) is 10.1 Å². The van der Waals surface area contributed by atoms with Gasteiger partial charge in [-0.1, -0.05) is 12.1 Å². The van der Waals surface area contributed by atoms with Crippen LogP contribution in [0.25, 0.3) is 0 Å². The smallest absolute Gasteiger partial charge is 0.296 e. The topological polar surface area (TPSA) is 86.5 Å². The maximum atomic E-state index is 11.3. The number of nitrogens with zero attached hydrogens (tertiary/aromatic N) is 2. The lowest BCUT2D eigenvalue weighted by atomic mass is 10.2. The summed E-state index contributed by atoms with van der Waals surface area (Å²) >= 11 is 0. The van der Waals surface area contributed by atoms with E-state index in [1.54, 1.807) is 18.3 Å². The van der Waals surface area contributed by atoms with Crippen LogP contribution in [0.1, 0.15) is 18.7 Å². The van der Waals surface area contributed by atoms with Gasteiger partial charge in [-0.25, -0.2) is 0 Å². The number of benzene rings is 1. The molecule has 0 saturated carbocycles. The highest BCUT2D eigenvalue weighted by Gasteiger charge is 2.26. The Morgan fingerprint density at radius 3 is 2.78 bits per heavy atom. The van der Waals surface area contributed by atoms with Crippen LogP contribution in [-0.2, 0) is 4.74 Å². The van der Waals surface area contributed by atoms with Crippen LogP contribution < -0.4 is 10.1 Å². The molecule has 23 heavy (non-hydrogen) atoms. The molecule has 2 aromatic rings. The van der Waals surface area contributed by atoms with Gasteiger partial charge in [-0.15, -0.1) is 0 Å². The molecule has 0 bridgehead atoms. The minimum absolute atomic E-state index is 0.0115. The first-order valence-electron chi connectivity index (χ1n) is 7.34. The summed E-state index contributed by atoms with van der Waals surface area (Å²) in [4.78, 5) is 15.1. The molecule has 1 aromatic heterocycles. The second kappa shape index (κ2) is 6.62. The Labute approximate surface area is 133 Å². The number of pyridine rings is 1. The summed E-state index contributed by atoms with van der Waals surface area (Å²) < 4.78 is 11.0. The fourth-order valence-corrected chi connectivity index (χ4v) is 2.31. The van der Waals surface area contributed by atoms with E-state index in [0.29, 0.717) is 24.7 Å². The maximum absolute atomic E-state index is 11.3.